The lowest BCUT2D eigenvalue weighted by atomic mass is 10.00. The topological polar surface area (TPSA) is 55.6 Å². The molecule has 1 aliphatic rings. The van der Waals surface area contributed by atoms with Gasteiger partial charge in [-0.15, -0.1) is 10.2 Å². The van der Waals surface area contributed by atoms with Crippen molar-refractivity contribution in [2.45, 2.75) is 45.6 Å². The maximum Gasteiger partial charge on any atom is 0.175 e. The molecule has 1 aromatic heterocycles. The molecule has 0 aliphatic heterocycles. The number of aromatic nitrogens is 4. The number of nitrogens with zero attached hydrogens (tertiary/aromatic N) is 4. The third kappa shape index (κ3) is 3.01. The monoisotopic (exact) mass is 223 g/mol. The fraction of sp³-hybridized carbons (Fsp3) is 0.909. The number of tetrazole rings is 1. The normalized spacial score (nSPS) is 18.8. The lowest BCUT2D eigenvalue weighted by molar-refractivity contribution is 0.352. The largest absolute Gasteiger partial charge is 0.312 e. The van der Waals surface area contributed by atoms with Crippen LogP contribution in [0.1, 0.15) is 39.4 Å². The number of rotatable bonds is 4. The van der Waals surface area contributed by atoms with Crippen LogP contribution in [0.25, 0.3) is 0 Å². The van der Waals surface area contributed by atoms with E-state index in [2.05, 4.69) is 41.5 Å². The molecule has 1 N–H and O–H groups in total. The summed E-state index contributed by atoms with van der Waals surface area (Å²) in [6, 6.07) is 0. The highest BCUT2D eigenvalue weighted by Crippen LogP contribution is 2.47. The van der Waals surface area contributed by atoms with Crippen LogP contribution in [0.2, 0.25) is 0 Å². The van der Waals surface area contributed by atoms with Crippen molar-refractivity contribution in [1.82, 2.24) is 25.5 Å². The van der Waals surface area contributed by atoms with Crippen molar-refractivity contribution in [1.29, 1.82) is 0 Å². The van der Waals surface area contributed by atoms with Gasteiger partial charge in [0.05, 0.1) is 7.05 Å². The van der Waals surface area contributed by atoms with E-state index >= 15 is 0 Å². The molecule has 0 bridgehead atoms. The molecule has 5 nitrogen and oxygen atoms in total. The molecule has 16 heavy (non-hydrogen) atoms. The molecule has 1 aliphatic carbocycles. The highest BCUT2D eigenvalue weighted by Gasteiger charge is 2.43. The van der Waals surface area contributed by atoms with Crippen molar-refractivity contribution >= 4 is 0 Å². The summed E-state index contributed by atoms with van der Waals surface area (Å²) in [6.07, 6.45) is 3.49. The minimum atomic E-state index is 0.186. The lowest BCUT2D eigenvalue weighted by Crippen LogP contribution is -2.40. The molecule has 0 amide bonds. The van der Waals surface area contributed by atoms with Crippen LogP contribution in [-0.4, -0.2) is 32.3 Å². The second kappa shape index (κ2) is 3.80. The summed E-state index contributed by atoms with van der Waals surface area (Å²) in [5.41, 5.74) is 0.571. The van der Waals surface area contributed by atoms with Gasteiger partial charge in [0.15, 0.2) is 5.82 Å². The van der Waals surface area contributed by atoms with E-state index in [-0.39, 0.29) is 5.54 Å². The standard InChI is InChI=1S/C11H21N5/c1-10(2,3)12-8-11(5-6-11)7-9-13-15-16(4)14-9/h12H,5-8H2,1-4H3. The van der Waals surface area contributed by atoms with Gasteiger partial charge in [0, 0.05) is 18.5 Å². The quantitative estimate of drug-likeness (QED) is 0.824. The predicted octanol–water partition coefficient (Wildman–Crippen LogP) is 0.921. The Balaban J connectivity index is 1.89. The molecule has 0 radical (unpaired) electrons. The molecule has 1 aromatic rings. The first-order valence-electron chi connectivity index (χ1n) is 5.87. The van der Waals surface area contributed by atoms with Gasteiger partial charge in [-0.05, 0) is 44.2 Å². The van der Waals surface area contributed by atoms with E-state index in [1.54, 1.807) is 0 Å². The Labute approximate surface area is 96.6 Å². The number of aryl methyl sites for hydroxylation is 1. The van der Waals surface area contributed by atoms with Crippen molar-refractivity contribution in [2.24, 2.45) is 12.5 Å². The summed E-state index contributed by atoms with van der Waals surface area (Å²) in [7, 11) is 1.81. The van der Waals surface area contributed by atoms with Gasteiger partial charge in [-0.25, -0.2) is 0 Å². The third-order valence-corrected chi connectivity index (χ3v) is 3.03. The highest BCUT2D eigenvalue weighted by atomic mass is 15.6. The first-order valence-corrected chi connectivity index (χ1v) is 5.87. The molecule has 1 fully saturated rings. The minimum absolute atomic E-state index is 0.186. The van der Waals surface area contributed by atoms with E-state index in [0.29, 0.717) is 5.41 Å². The molecule has 1 saturated carbocycles. The zero-order chi connectivity index (χ0) is 11.8. The van der Waals surface area contributed by atoms with E-state index in [1.165, 1.54) is 17.6 Å². The van der Waals surface area contributed by atoms with Crippen LogP contribution in [0.5, 0.6) is 0 Å². The summed E-state index contributed by atoms with van der Waals surface area (Å²) in [5, 5.41) is 15.7. The Bertz CT molecular complexity index is 359. The smallest absolute Gasteiger partial charge is 0.175 e. The van der Waals surface area contributed by atoms with Gasteiger partial charge in [-0.3, -0.25) is 0 Å². The van der Waals surface area contributed by atoms with E-state index in [1.807, 2.05) is 7.05 Å². The van der Waals surface area contributed by atoms with Gasteiger partial charge in [0.25, 0.3) is 0 Å². The van der Waals surface area contributed by atoms with Crippen molar-refractivity contribution in [2.75, 3.05) is 6.54 Å². The van der Waals surface area contributed by atoms with Crippen LogP contribution in [-0.2, 0) is 13.5 Å². The van der Waals surface area contributed by atoms with Crippen LogP contribution in [0.4, 0.5) is 0 Å². The Morgan fingerprint density at radius 3 is 2.50 bits per heavy atom. The minimum Gasteiger partial charge on any atom is -0.312 e. The SMILES string of the molecule is Cn1nnc(CC2(CNC(C)(C)C)CC2)n1. The van der Waals surface area contributed by atoms with Crippen molar-refractivity contribution in [3.8, 4) is 0 Å². The molecule has 0 atom stereocenters. The van der Waals surface area contributed by atoms with E-state index < -0.39 is 0 Å². The van der Waals surface area contributed by atoms with Crippen LogP contribution in [0.15, 0.2) is 0 Å². The Hall–Kier alpha value is -0.970. The van der Waals surface area contributed by atoms with Crippen LogP contribution < -0.4 is 5.32 Å². The van der Waals surface area contributed by atoms with Gasteiger partial charge in [0.2, 0.25) is 0 Å². The molecule has 0 unspecified atom stereocenters. The molecular weight excluding hydrogens is 202 g/mol. The predicted molar refractivity (Wildman–Crippen MR) is 61.9 cm³/mol. The van der Waals surface area contributed by atoms with Crippen LogP contribution in [0.3, 0.4) is 0 Å². The zero-order valence-electron chi connectivity index (χ0n) is 10.6. The fourth-order valence-electron chi connectivity index (χ4n) is 1.78. The van der Waals surface area contributed by atoms with Crippen molar-refractivity contribution < 1.29 is 0 Å². The molecule has 5 heteroatoms. The summed E-state index contributed by atoms with van der Waals surface area (Å²) in [5.74, 6) is 0.871. The van der Waals surface area contributed by atoms with Crippen LogP contribution in [0, 0.1) is 5.41 Å². The van der Waals surface area contributed by atoms with Gasteiger partial charge >= 0.3 is 0 Å². The molecule has 0 aromatic carbocycles. The van der Waals surface area contributed by atoms with E-state index in [9.17, 15) is 0 Å². The average molecular weight is 223 g/mol. The molecule has 1 heterocycles. The Morgan fingerprint density at radius 1 is 1.38 bits per heavy atom. The first-order chi connectivity index (χ1) is 7.39. The van der Waals surface area contributed by atoms with Crippen molar-refractivity contribution in [3.63, 3.8) is 0 Å². The molecule has 0 saturated heterocycles. The first kappa shape index (κ1) is 11.5. The lowest BCUT2D eigenvalue weighted by Gasteiger charge is -2.24. The summed E-state index contributed by atoms with van der Waals surface area (Å²) in [6.45, 7) is 7.64. The van der Waals surface area contributed by atoms with Crippen LogP contribution >= 0.6 is 0 Å². The summed E-state index contributed by atoms with van der Waals surface area (Å²) in [4.78, 5) is 1.53. The highest BCUT2D eigenvalue weighted by molar-refractivity contribution is 5.02. The second-order valence-electron chi connectivity index (χ2n) is 5.98. The maximum atomic E-state index is 4.25. The van der Waals surface area contributed by atoms with E-state index in [4.69, 9.17) is 0 Å². The van der Waals surface area contributed by atoms with Gasteiger partial charge < -0.3 is 5.32 Å². The summed E-state index contributed by atoms with van der Waals surface area (Å²) < 4.78 is 0. The van der Waals surface area contributed by atoms with Gasteiger partial charge in [-0.1, -0.05) is 0 Å². The average Bonchev–Trinajstić information content (AvgIpc) is 2.80. The van der Waals surface area contributed by atoms with Crippen molar-refractivity contribution in [3.05, 3.63) is 5.82 Å². The third-order valence-electron chi connectivity index (χ3n) is 3.03. The number of hydrogen-bond acceptors (Lipinski definition) is 4. The number of nitrogens with one attached hydrogen (secondary N) is 1. The molecule has 90 valence electrons. The fourth-order valence-corrected chi connectivity index (χ4v) is 1.78. The molecule has 0 spiro atoms. The second-order valence-corrected chi connectivity index (χ2v) is 5.98. The Kier molecular flexibility index (Phi) is 2.74. The zero-order valence-corrected chi connectivity index (χ0v) is 10.6. The van der Waals surface area contributed by atoms with Gasteiger partial charge in [0.1, 0.15) is 0 Å². The maximum absolute atomic E-state index is 4.25. The van der Waals surface area contributed by atoms with Gasteiger partial charge in [-0.2, -0.15) is 4.80 Å². The number of hydrogen-bond donors (Lipinski definition) is 1. The molecule has 2 rings (SSSR count). The molecular formula is C11H21N5. The van der Waals surface area contributed by atoms with E-state index in [0.717, 1.165) is 18.8 Å². The Morgan fingerprint density at radius 2 is 2.06 bits per heavy atom. The summed E-state index contributed by atoms with van der Waals surface area (Å²) >= 11 is 0.